The highest BCUT2D eigenvalue weighted by Crippen LogP contribution is 2.02. The molecule has 0 amide bonds. The van der Waals surface area contributed by atoms with Gasteiger partial charge in [-0.05, 0) is 0 Å². The summed E-state index contributed by atoms with van der Waals surface area (Å²) in [7, 11) is 0. The Bertz CT molecular complexity index is 48.1. The first-order chi connectivity index (χ1) is 2.41. The molecule has 0 atom stereocenters. The average molecular weight is 107 g/mol. The van der Waals surface area contributed by atoms with Crippen LogP contribution in [0.15, 0.2) is 0 Å². The Balaban J connectivity index is 2.48. The van der Waals surface area contributed by atoms with Crippen LogP contribution < -0.4 is 0 Å². The third kappa shape index (κ3) is 3.99. The van der Waals surface area contributed by atoms with Crippen LogP contribution in [-0.4, -0.2) is 0 Å². The SMILES string of the molecule is N#COSS. The fraction of sp³-hybridized carbons (Fsp3) is 0. The molecule has 0 saturated heterocycles. The molecule has 0 aliphatic rings. The highest BCUT2D eigenvalue weighted by Gasteiger charge is 1.64. The van der Waals surface area contributed by atoms with E-state index in [0.717, 1.165) is 11.1 Å². The van der Waals surface area contributed by atoms with Gasteiger partial charge in [0.15, 0.2) is 0 Å². The Hall–Kier alpha value is -0.0100. The van der Waals surface area contributed by atoms with Gasteiger partial charge in [-0.1, -0.05) is 11.7 Å². The Labute approximate surface area is 39.1 Å². The van der Waals surface area contributed by atoms with E-state index in [-0.39, 0.29) is 0 Å². The van der Waals surface area contributed by atoms with Crippen molar-refractivity contribution >= 4 is 22.7 Å². The molecule has 0 rings (SSSR count). The molecule has 2 nitrogen and oxygen atoms in total. The van der Waals surface area contributed by atoms with Crippen molar-refractivity contribution in [2.24, 2.45) is 0 Å². The molecule has 0 aliphatic carbocycles. The Morgan fingerprint density at radius 2 is 2.60 bits per heavy atom. The fourth-order valence-corrected chi connectivity index (χ4v) is 0.150. The zero-order chi connectivity index (χ0) is 4.12. The molecule has 0 unspecified atom stereocenters. The van der Waals surface area contributed by atoms with Crippen molar-refractivity contribution < 1.29 is 4.18 Å². The van der Waals surface area contributed by atoms with Gasteiger partial charge in [-0.2, -0.15) is 0 Å². The van der Waals surface area contributed by atoms with Gasteiger partial charge in [-0.15, -0.1) is 5.26 Å². The maximum absolute atomic E-state index is 7.52. The molecule has 0 aromatic carbocycles. The number of hydrogen-bond acceptors (Lipinski definition) is 4. The summed E-state index contributed by atoms with van der Waals surface area (Å²) < 4.78 is 3.92. The number of nitriles is 1. The van der Waals surface area contributed by atoms with E-state index in [0.29, 0.717) is 0 Å². The molecule has 0 N–H and O–H groups in total. The van der Waals surface area contributed by atoms with Crippen LogP contribution in [0, 0.1) is 11.5 Å². The van der Waals surface area contributed by atoms with Crippen molar-refractivity contribution in [3.63, 3.8) is 0 Å². The largest absolute Gasteiger partial charge is 0.341 e. The van der Waals surface area contributed by atoms with Crippen LogP contribution in [0.3, 0.4) is 0 Å². The van der Waals surface area contributed by atoms with Gasteiger partial charge in [0.05, 0.1) is 0 Å². The predicted octanol–water partition coefficient (Wildman–Crippen LogP) is 0.977. The Kier molecular flexibility index (Phi) is 3.98. The second kappa shape index (κ2) is 3.99. The van der Waals surface area contributed by atoms with Gasteiger partial charge in [0.25, 0.3) is 0 Å². The predicted molar refractivity (Wildman–Crippen MR) is 23.3 cm³/mol. The van der Waals surface area contributed by atoms with Crippen molar-refractivity contribution in [2.75, 3.05) is 0 Å². The molecule has 0 heterocycles. The number of nitrogens with zero attached hydrogens (tertiary/aromatic N) is 1. The van der Waals surface area contributed by atoms with Gasteiger partial charge < -0.3 is 4.18 Å². The first-order valence-electron chi connectivity index (χ1n) is 0.777. The molecule has 0 aromatic rings. The smallest absolute Gasteiger partial charge is 0.300 e. The molecule has 0 radical (unpaired) electrons. The normalized spacial score (nSPS) is 5.60. The standard InChI is InChI=1S/CHNOS2/c2-1-3-5-4/h4H. The van der Waals surface area contributed by atoms with Crippen LogP contribution in [0.5, 0.6) is 0 Å². The molecular weight excluding hydrogens is 106 g/mol. The maximum atomic E-state index is 7.52. The monoisotopic (exact) mass is 107 g/mol. The summed E-state index contributed by atoms with van der Waals surface area (Å²) in [6, 6.07) is 0. The molecule has 0 saturated carbocycles. The van der Waals surface area contributed by atoms with E-state index in [2.05, 4.69) is 15.8 Å². The lowest BCUT2D eigenvalue weighted by molar-refractivity contribution is 0.604. The minimum absolute atomic E-state index is 0.735. The van der Waals surface area contributed by atoms with Crippen molar-refractivity contribution in [2.45, 2.75) is 0 Å². The van der Waals surface area contributed by atoms with Crippen LogP contribution >= 0.6 is 22.7 Å². The lowest BCUT2D eigenvalue weighted by atomic mass is 11.6. The van der Waals surface area contributed by atoms with E-state index in [1.165, 1.54) is 6.26 Å². The molecule has 0 spiro atoms. The average Bonchev–Trinajstić information content (AvgIpc) is 1.41. The molecule has 0 bridgehead atoms. The van der Waals surface area contributed by atoms with Gasteiger partial charge in [0, 0.05) is 0 Å². The number of hydrogen-bond donors (Lipinski definition) is 1. The van der Waals surface area contributed by atoms with Crippen LogP contribution in [0.25, 0.3) is 0 Å². The first kappa shape index (κ1) is 4.99. The Morgan fingerprint density at radius 1 is 2.00 bits per heavy atom. The summed E-state index contributed by atoms with van der Waals surface area (Å²) in [5.74, 6) is 0. The summed E-state index contributed by atoms with van der Waals surface area (Å²) >= 11 is 4.21. The second-order valence-electron chi connectivity index (χ2n) is 0.249. The zero-order valence-corrected chi connectivity index (χ0v) is 3.92. The summed E-state index contributed by atoms with van der Waals surface area (Å²) in [6.45, 7) is 0. The van der Waals surface area contributed by atoms with Crippen molar-refractivity contribution in [1.29, 1.82) is 5.26 Å². The highest BCUT2D eigenvalue weighted by molar-refractivity contribution is 8.66. The van der Waals surface area contributed by atoms with Gasteiger partial charge in [-0.3, -0.25) is 0 Å². The van der Waals surface area contributed by atoms with Crippen molar-refractivity contribution in [3.05, 3.63) is 0 Å². The quantitative estimate of drug-likeness (QED) is 0.234. The van der Waals surface area contributed by atoms with Gasteiger partial charge in [0.1, 0.15) is 11.1 Å². The van der Waals surface area contributed by atoms with E-state index < -0.39 is 0 Å². The first-order valence-corrected chi connectivity index (χ1v) is 2.57. The van der Waals surface area contributed by atoms with Crippen LogP contribution in [0.4, 0.5) is 0 Å². The zero-order valence-electron chi connectivity index (χ0n) is 2.21. The van der Waals surface area contributed by atoms with Gasteiger partial charge in [-0.25, -0.2) is 0 Å². The van der Waals surface area contributed by atoms with Crippen LogP contribution in [0.1, 0.15) is 0 Å². The summed E-state index contributed by atoms with van der Waals surface area (Å²) in [6.07, 6.45) is 1.40. The van der Waals surface area contributed by atoms with E-state index in [4.69, 9.17) is 5.26 Å². The lowest BCUT2D eigenvalue weighted by Gasteiger charge is -1.71. The van der Waals surface area contributed by atoms with Crippen molar-refractivity contribution in [3.8, 4) is 6.26 Å². The molecule has 5 heavy (non-hydrogen) atoms. The minimum Gasteiger partial charge on any atom is -0.341 e. The third-order valence-corrected chi connectivity index (χ3v) is 0.447. The third-order valence-electron chi connectivity index (χ3n) is 0.0745. The second-order valence-corrected chi connectivity index (χ2v) is 1.01. The molecule has 0 fully saturated rings. The molecular formula is CHNOS2. The fourth-order valence-electron chi connectivity index (χ4n) is 0.0167. The van der Waals surface area contributed by atoms with Gasteiger partial charge >= 0.3 is 6.26 Å². The highest BCUT2D eigenvalue weighted by atomic mass is 33.1. The summed E-state index contributed by atoms with van der Waals surface area (Å²) in [5, 5.41) is 7.52. The molecule has 0 aromatic heterocycles. The lowest BCUT2D eigenvalue weighted by Crippen LogP contribution is -1.47. The van der Waals surface area contributed by atoms with E-state index >= 15 is 0 Å². The van der Waals surface area contributed by atoms with E-state index in [1.54, 1.807) is 0 Å². The molecule has 0 aliphatic heterocycles. The molecule has 28 valence electrons. The van der Waals surface area contributed by atoms with Crippen LogP contribution in [0.2, 0.25) is 0 Å². The topological polar surface area (TPSA) is 33.0 Å². The van der Waals surface area contributed by atoms with E-state index in [9.17, 15) is 0 Å². The maximum Gasteiger partial charge on any atom is 0.300 e. The minimum atomic E-state index is 0.735. The van der Waals surface area contributed by atoms with Crippen molar-refractivity contribution in [1.82, 2.24) is 0 Å². The Morgan fingerprint density at radius 3 is 2.60 bits per heavy atom. The summed E-state index contributed by atoms with van der Waals surface area (Å²) in [4.78, 5) is 0. The number of rotatable bonds is 1. The number of thiol groups is 1. The van der Waals surface area contributed by atoms with Gasteiger partial charge in [0.2, 0.25) is 0 Å². The van der Waals surface area contributed by atoms with E-state index in [1.807, 2.05) is 0 Å². The summed E-state index contributed by atoms with van der Waals surface area (Å²) in [5.41, 5.74) is 0. The molecule has 4 heteroatoms. The van der Waals surface area contributed by atoms with Crippen LogP contribution in [-0.2, 0) is 4.18 Å².